The Kier molecular flexibility index (Phi) is 5.00. The third-order valence-corrected chi connectivity index (χ3v) is 5.37. The van der Waals surface area contributed by atoms with Crippen molar-refractivity contribution >= 4 is 23.3 Å². The molecule has 2 aromatic rings. The Morgan fingerprint density at radius 2 is 2.00 bits per heavy atom. The van der Waals surface area contributed by atoms with Gasteiger partial charge in [-0.15, -0.1) is 0 Å². The molecule has 2 unspecified atom stereocenters. The molecule has 3 heterocycles. The van der Waals surface area contributed by atoms with Gasteiger partial charge in [0.2, 0.25) is 5.78 Å². The van der Waals surface area contributed by atoms with Crippen molar-refractivity contribution in [2.24, 2.45) is 0 Å². The van der Waals surface area contributed by atoms with E-state index < -0.39 is 23.5 Å². The SMILES string of the molecule is Cc1ccc(C(=O)C2=C(O)C(=O)N(CC3CCCO3)C2c2ccc(Cl)cc2)o1. The lowest BCUT2D eigenvalue weighted by atomic mass is 9.95. The lowest BCUT2D eigenvalue weighted by Crippen LogP contribution is -2.37. The summed E-state index contributed by atoms with van der Waals surface area (Å²) in [5, 5.41) is 11.1. The molecule has 4 rings (SSSR count). The molecular formula is C21H20ClNO5. The van der Waals surface area contributed by atoms with E-state index in [1.54, 1.807) is 43.3 Å². The molecule has 0 spiro atoms. The summed E-state index contributed by atoms with van der Waals surface area (Å²) in [6.07, 6.45) is 1.64. The number of aliphatic hydroxyl groups excluding tert-OH is 1. The Hall–Kier alpha value is -2.57. The molecule has 0 bridgehead atoms. The number of hydrogen-bond donors (Lipinski definition) is 1. The lowest BCUT2D eigenvalue weighted by Gasteiger charge is -2.28. The van der Waals surface area contributed by atoms with Crippen LogP contribution in [-0.4, -0.2) is 41.0 Å². The van der Waals surface area contributed by atoms with Crippen molar-refractivity contribution in [3.63, 3.8) is 0 Å². The van der Waals surface area contributed by atoms with Gasteiger partial charge in [-0.1, -0.05) is 23.7 Å². The highest BCUT2D eigenvalue weighted by atomic mass is 35.5. The molecule has 2 atom stereocenters. The van der Waals surface area contributed by atoms with E-state index in [1.807, 2.05) is 0 Å². The smallest absolute Gasteiger partial charge is 0.290 e. The Labute approximate surface area is 167 Å². The molecule has 6 nitrogen and oxygen atoms in total. The molecule has 2 aliphatic heterocycles. The molecule has 146 valence electrons. The second-order valence-corrected chi connectivity index (χ2v) is 7.48. The fourth-order valence-electron chi connectivity index (χ4n) is 3.76. The molecule has 1 aromatic carbocycles. The van der Waals surface area contributed by atoms with Gasteiger partial charge in [-0.25, -0.2) is 0 Å². The summed E-state index contributed by atoms with van der Waals surface area (Å²) < 4.78 is 11.1. The van der Waals surface area contributed by atoms with Crippen molar-refractivity contribution in [1.82, 2.24) is 4.90 Å². The van der Waals surface area contributed by atoms with Gasteiger partial charge >= 0.3 is 0 Å². The summed E-state index contributed by atoms with van der Waals surface area (Å²) in [5.74, 6) is -0.968. The molecule has 28 heavy (non-hydrogen) atoms. The Balaban J connectivity index is 1.75. The second kappa shape index (κ2) is 7.45. The molecule has 1 aromatic heterocycles. The summed E-state index contributed by atoms with van der Waals surface area (Å²) in [4.78, 5) is 27.4. The van der Waals surface area contributed by atoms with Crippen molar-refractivity contribution < 1.29 is 23.8 Å². The zero-order chi connectivity index (χ0) is 19.8. The monoisotopic (exact) mass is 401 g/mol. The van der Waals surface area contributed by atoms with Crippen molar-refractivity contribution in [1.29, 1.82) is 0 Å². The number of benzene rings is 1. The van der Waals surface area contributed by atoms with Crippen LogP contribution in [0.4, 0.5) is 0 Å². The van der Waals surface area contributed by atoms with Gasteiger partial charge in [-0.3, -0.25) is 9.59 Å². The van der Waals surface area contributed by atoms with E-state index in [0.717, 1.165) is 12.8 Å². The van der Waals surface area contributed by atoms with Gasteiger partial charge in [0.25, 0.3) is 5.91 Å². The normalized spacial score (nSPS) is 22.4. The maximum absolute atomic E-state index is 13.1. The average molecular weight is 402 g/mol. The van der Waals surface area contributed by atoms with Gasteiger partial charge in [0.05, 0.1) is 17.7 Å². The number of aryl methyl sites for hydroxylation is 1. The zero-order valence-electron chi connectivity index (χ0n) is 15.4. The van der Waals surface area contributed by atoms with Crippen LogP contribution in [-0.2, 0) is 9.53 Å². The van der Waals surface area contributed by atoms with Crippen LogP contribution in [0, 0.1) is 6.92 Å². The van der Waals surface area contributed by atoms with Crippen LogP contribution < -0.4 is 0 Å². The van der Waals surface area contributed by atoms with Crippen molar-refractivity contribution in [3.8, 4) is 0 Å². The first kappa shape index (κ1) is 18.8. The van der Waals surface area contributed by atoms with E-state index in [2.05, 4.69) is 0 Å². The Morgan fingerprint density at radius 1 is 1.25 bits per heavy atom. The first-order valence-corrected chi connectivity index (χ1v) is 9.56. The van der Waals surface area contributed by atoms with Crippen molar-refractivity contribution in [2.75, 3.05) is 13.2 Å². The number of rotatable bonds is 5. The number of furan rings is 1. The van der Waals surface area contributed by atoms with E-state index in [1.165, 1.54) is 4.90 Å². The van der Waals surface area contributed by atoms with Crippen LogP contribution in [0.3, 0.4) is 0 Å². The maximum atomic E-state index is 13.1. The van der Waals surface area contributed by atoms with Gasteiger partial charge in [-0.05, 0) is 49.6 Å². The molecule has 1 N–H and O–H groups in total. The number of ketones is 1. The number of carbonyl (C=O) groups excluding carboxylic acids is 2. The molecule has 0 aliphatic carbocycles. The highest BCUT2D eigenvalue weighted by molar-refractivity contribution is 6.30. The van der Waals surface area contributed by atoms with Gasteiger partial charge in [-0.2, -0.15) is 0 Å². The van der Waals surface area contributed by atoms with Crippen LogP contribution in [0.25, 0.3) is 0 Å². The second-order valence-electron chi connectivity index (χ2n) is 7.05. The summed E-state index contributed by atoms with van der Waals surface area (Å²) in [7, 11) is 0. The lowest BCUT2D eigenvalue weighted by molar-refractivity contribution is -0.131. The number of Topliss-reactive ketones (excluding diaryl/α,β-unsaturated/α-hetero) is 1. The van der Waals surface area contributed by atoms with E-state index in [9.17, 15) is 14.7 Å². The molecular weight excluding hydrogens is 382 g/mol. The predicted octanol–water partition coefficient (Wildman–Crippen LogP) is 4.00. The highest BCUT2D eigenvalue weighted by Gasteiger charge is 2.45. The van der Waals surface area contributed by atoms with E-state index >= 15 is 0 Å². The van der Waals surface area contributed by atoms with E-state index in [-0.39, 0.29) is 17.4 Å². The third kappa shape index (κ3) is 3.34. The fourth-order valence-corrected chi connectivity index (χ4v) is 3.89. The molecule has 0 radical (unpaired) electrons. The topological polar surface area (TPSA) is 80.0 Å². The fraction of sp³-hybridized carbons (Fsp3) is 0.333. The van der Waals surface area contributed by atoms with Crippen LogP contribution in [0.5, 0.6) is 0 Å². The number of amides is 1. The van der Waals surface area contributed by atoms with Crippen LogP contribution >= 0.6 is 11.6 Å². The standard InChI is InChI=1S/C21H20ClNO5/c1-12-4-9-16(28-12)19(24)17-18(13-5-7-14(22)8-6-13)23(21(26)20(17)25)11-15-3-2-10-27-15/h4-9,15,18,25H,2-3,10-11H2,1H3. The van der Waals surface area contributed by atoms with Crippen LogP contribution in [0.2, 0.25) is 5.02 Å². The van der Waals surface area contributed by atoms with Crippen molar-refractivity contribution in [3.05, 3.63) is 69.8 Å². The number of ether oxygens (including phenoxy) is 1. The third-order valence-electron chi connectivity index (χ3n) is 5.12. The summed E-state index contributed by atoms with van der Waals surface area (Å²) in [6, 6.07) is 9.38. The Morgan fingerprint density at radius 3 is 2.61 bits per heavy atom. The summed E-state index contributed by atoms with van der Waals surface area (Å²) in [6.45, 7) is 2.67. The van der Waals surface area contributed by atoms with Crippen LogP contribution in [0.1, 0.15) is 40.8 Å². The number of hydrogen-bond acceptors (Lipinski definition) is 5. The zero-order valence-corrected chi connectivity index (χ0v) is 16.1. The molecule has 1 saturated heterocycles. The van der Waals surface area contributed by atoms with Crippen LogP contribution in [0.15, 0.2) is 52.1 Å². The summed E-state index contributed by atoms with van der Waals surface area (Å²) in [5.41, 5.74) is 0.700. The number of carbonyl (C=O) groups is 2. The summed E-state index contributed by atoms with van der Waals surface area (Å²) >= 11 is 6.00. The number of aliphatic hydroxyl groups is 1. The largest absolute Gasteiger partial charge is 0.503 e. The van der Waals surface area contributed by atoms with Gasteiger partial charge in [0, 0.05) is 18.2 Å². The molecule has 7 heteroatoms. The minimum absolute atomic E-state index is 0.0136. The minimum Gasteiger partial charge on any atom is -0.503 e. The molecule has 1 fully saturated rings. The quantitative estimate of drug-likeness (QED) is 0.766. The molecule has 2 aliphatic rings. The average Bonchev–Trinajstić information content (AvgIpc) is 3.40. The molecule has 1 amide bonds. The first-order valence-electron chi connectivity index (χ1n) is 9.18. The van der Waals surface area contributed by atoms with Gasteiger partial charge in [0.1, 0.15) is 5.76 Å². The molecule has 0 saturated carbocycles. The van der Waals surface area contributed by atoms with E-state index in [0.29, 0.717) is 29.5 Å². The first-order chi connectivity index (χ1) is 13.5. The minimum atomic E-state index is -0.730. The Bertz CT molecular complexity index is 940. The van der Waals surface area contributed by atoms with Gasteiger partial charge < -0.3 is 19.2 Å². The van der Waals surface area contributed by atoms with Gasteiger partial charge in [0.15, 0.2) is 11.5 Å². The highest BCUT2D eigenvalue weighted by Crippen LogP contribution is 2.40. The predicted molar refractivity (Wildman–Crippen MR) is 102 cm³/mol. The number of halogens is 1. The number of nitrogens with zero attached hydrogens (tertiary/aromatic N) is 1. The van der Waals surface area contributed by atoms with E-state index in [4.69, 9.17) is 20.8 Å². The van der Waals surface area contributed by atoms with Crippen molar-refractivity contribution in [2.45, 2.75) is 31.9 Å². The maximum Gasteiger partial charge on any atom is 0.290 e.